The molecule has 0 unspecified atom stereocenters. The molecule has 0 saturated carbocycles. The number of anilines is 1. The first-order valence-electron chi connectivity index (χ1n) is 6.26. The minimum atomic E-state index is 0.944. The fraction of sp³-hybridized carbons (Fsp3) is 0.357. The third-order valence-electron chi connectivity index (χ3n) is 3.47. The van der Waals surface area contributed by atoms with Crippen LogP contribution in [0, 0.1) is 0 Å². The summed E-state index contributed by atoms with van der Waals surface area (Å²) in [6.45, 7) is 2.91. The number of nitrogens with one attached hydrogen (secondary N) is 1. The van der Waals surface area contributed by atoms with Crippen LogP contribution in [0.4, 0.5) is 5.82 Å². The lowest BCUT2D eigenvalue weighted by atomic mass is 10.2. The largest absolute Gasteiger partial charge is 0.373 e. The zero-order valence-electron chi connectivity index (χ0n) is 10.8. The predicted molar refractivity (Wildman–Crippen MR) is 72.1 cm³/mol. The van der Waals surface area contributed by atoms with Gasteiger partial charge in [-0.15, -0.1) is 0 Å². The van der Waals surface area contributed by atoms with Gasteiger partial charge in [-0.3, -0.25) is 9.58 Å². The van der Waals surface area contributed by atoms with E-state index in [4.69, 9.17) is 0 Å². The zero-order valence-corrected chi connectivity index (χ0v) is 10.8. The molecule has 0 spiro atoms. The van der Waals surface area contributed by atoms with Crippen LogP contribution < -0.4 is 5.32 Å². The van der Waals surface area contributed by atoms with Gasteiger partial charge >= 0.3 is 0 Å². The molecular formula is C14H18N4. The maximum absolute atomic E-state index is 4.57. The second kappa shape index (κ2) is 4.46. The third-order valence-corrected chi connectivity index (χ3v) is 3.47. The molecule has 1 aliphatic rings. The van der Waals surface area contributed by atoms with Crippen LogP contribution in [-0.4, -0.2) is 21.7 Å². The van der Waals surface area contributed by atoms with E-state index in [0.717, 1.165) is 25.5 Å². The highest BCUT2D eigenvalue weighted by Crippen LogP contribution is 2.29. The maximum atomic E-state index is 4.57. The number of fused-ring (bicyclic) bond motifs is 1. The molecule has 4 nitrogen and oxygen atoms in total. The highest BCUT2D eigenvalue weighted by atomic mass is 15.3. The van der Waals surface area contributed by atoms with Crippen LogP contribution in [0.25, 0.3) is 0 Å². The first-order valence-corrected chi connectivity index (χ1v) is 6.26. The van der Waals surface area contributed by atoms with E-state index >= 15 is 0 Å². The molecule has 3 rings (SSSR count). The lowest BCUT2D eigenvalue weighted by molar-refractivity contribution is 0.271. The van der Waals surface area contributed by atoms with Gasteiger partial charge in [0.05, 0.1) is 5.69 Å². The SMILES string of the molecule is CNc1c2c(nn1C)CN(Cc1ccccc1)C2. The molecule has 0 amide bonds. The summed E-state index contributed by atoms with van der Waals surface area (Å²) >= 11 is 0. The number of benzene rings is 1. The third kappa shape index (κ3) is 1.88. The van der Waals surface area contributed by atoms with Gasteiger partial charge in [-0.05, 0) is 5.56 Å². The van der Waals surface area contributed by atoms with E-state index in [0.29, 0.717) is 0 Å². The minimum Gasteiger partial charge on any atom is -0.373 e. The summed E-state index contributed by atoms with van der Waals surface area (Å²) in [5.41, 5.74) is 3.91. The smallest absolute Gasteiger partial charge is 0.128 e. The van der Waals surface area contributed by atoms with E-state index in [9.17, 15) is 0 Å². The first-order chi connectivity index (χ1) is 8.78. The summed E-state index contributed by atoms with van der Waals surface area (Å²) in [4.78, 5) is 2.42. The monoisotopic (exact) mass is 242 g/mol. The van der Waals surface area contributed by atoms with E-state index in [1.54, 1.807) is 0 Å². The maximum Gasteiger partial charge on any atom is 0.128 e. The summed E-state index contributed by atoms with van der Waals surface area (Å²) in [7, 11) is 3.95. The number of hydrogen-bond acceptors (Lipinski definition) is 3. The normalized spacial score (nSPS) is 14.8. The average molecular weight is 242 g/mol. The van der Waals surface area contributed by atoms with Crippen LogP contribution in [0.15, 0.2) is 30.3 Å². The van der Waals surface area contributed by atoms with E-state index in [2.05, 4.69) is 45.6 Å². The van der Waals surface area contributed by atoms with Crippen molar-refractivity contribution in [2.75, 3.05) is 12.4 Å². The Balaban J connectivity index is 1.76. The molecule has 1 aromatic heterocycles. The molecule has 0 atom stereocenters. The van der Waals surface area contributed by atoms with E-state index in [1.165, 1.54) is 16.8 Å². The van der Waals surface area contributed by atoms with Crippen LogP contribution >= 0.6 is 0 Å². The summed E-state index contributed by atoms with van der Waals surface area (Å²) in [6, 6.07) is 10.6. The van der Waals surface area contributed by atoms with Gasteiger partial charge in [-0.1, -0.05) is 30.3 Å². The number of rotatable bonds is 3. The van der Waals surface area contributed by atoms with Crippen molar-refractivity contribution in [2.45, 2.75) is 19.6 Å². The first kappa shape index (κ1) is 11.3. The fourth-order valence-electron chi connectivity index (χ4n) is 2.67. The Morgan fingerprint density at radius 1 is 1.22 bits per heavy atom. The van der Waals surface area contributed by atoms with Gasteiger partial charge < -0.3 is 5.32 Å². The summed E-state index contributed by atoms with van der Waals surface area (Å²) in [6.07, 6.45) is 0. The average Bonchev–Trinajstić information content (AvgIpc) is 2.86. The Bertz CT molecular complexity index is 544. The lowest BCUT2D eigenvalue weighted by Gasteiger charge is -2.15. The van der Waals surface area contributed by atoms with Crippen LogP contribution in [0.2, 0.25) is 0 Å². The minimum absolute atomic E-state index is 0.944. The van der Waals surface area contributed by atoms with Crippen molar-refractivity contribution in [3.05, 3.63) is 47.2 Å². The van der Waals surface area contributed by atoms with Gasteiger partial charge in [0, 0.05) is 39.3 Å². The zero-order chi connectivity index (χ0) is 12.5. The quantitative estimate of drug-likeness (QED) is 0.893. The Morgan fingerprint density at radius 2 is 2.00 bits per heavy atom. The van der Waals surface area contributed by atoms with Gasteiger partial charge in [0.1, 0.15) is 5.82 Å². The molecular weight excluding hydrogens is 224 g/mol. The van der Waals surface area contributed by atoms with Gasteiger partial charge in [0.2, 0.25) is 0 Å². The van der Waals surface area contributed by atoms with E-state index in [1.807, 2.05) is 18.8 Å². The molecule has 18 heavy (non-hydrogen) atoms. The molecule has 94 valence electrons. The Hall–Kier alpha value is -1.81. The molecule has 0 fully saturated rings. The number of nitrogens with zero attached hydrogens (tertiary/aromatic N) is 3. The van der Waals surface area contributed by atoms with Gasteiger partial charge in [0.15, 0.2) is 0 Å². The second-order valence-electron chi connectivity index (χ2n) is 4.78. The van der Waals surface area contributed by atoms with Crippen molar-refractivity contribution < 1.29 is 0 Å². The lowest BCUT2D eigenvalue weighted by Crippen LogP contribution is -2.17. The second-order valence-corrected chi connectivity index (χ2v) is 4.78. The molecule has 0 aliphatic carbocycles. The van der Waals surface area contributed by atoms with Crippen molar-refractivity contribution in [1.82, 2.24) is 14.7 Å². The van der Waals surface area contributed by atoms with Crippen LogP contribution in [0.1, 0.15) is 16.8 Å². The number of hydrogen-bond donors (Lipinski definition) is 1. The molecule has 0 radical (unpaired) electrons. The topological polar surface area (TPSA) is 33.1 Å². The van der Waals surface area contributed by atoms with Crippen molar-refractivity contribution in [3.63, 3.8) is 0 Å². The standard InChI is InChI=1S/C14H18N4/c1-15-14-12-9-18(10-13(12)16-17(14)2)8-11-6-4-3-5-7-11/h3-7,15H,8-10H2,1-2H3. The predicted octanol–water partition coefficient (Wildman–Crippen LogP) is 1.98. The summed E-state index contributed by atoms with van der Waals surface area (Å²) in [5, 5.41) is 7.80. The van der Waals surface area contributed by atoms with Gasteiger partial charge in [-0.25, -0.2) is 0 Å². The Labute approximate surface area is 107 Å². The number of aryl methyl sites for hydroxylation is 1. The van der Waals surface area contributed by atoms with Crippen molar-refractivity contribution in [2.24, 2.45) is 7.05 Å². The molecule has 2 heterocycles. The number of aromatic nitrogens is 2. The summed E-state index contributed by atoms with van der Waals surface area (Å²) < 4.78 is 1.94. The Morgan fingerprint density at radius 3 is 2.72 bits per heavy atom. The van der Waals surface area contributed by atoms with Crippen LogP contribution in [-0.2, 0) is 26.7 Å². The summed E-state index contributed by atoms with van der Waals surface area (Å²) in [5.74, 6) is 1.14. The van der Waals surface area contributed by atoms with Crippen LogP contribution in [0.5, 0.6) is 0 Å². The van der Waals surface area contributed by atoms with Gasteiger partial charge in [-0.2, -0.15) is 5.10 Å². The fourth-order valence-corrected chi connectivity index (χ4v) is 2.67. The van der Waals surface area contributed by atoms with Crippen molar-refractivity contribution in [1.29, 1.82) is 0 Å². The highest BCUT2D eigenvalue weighted by Gasteiger charge is 2.25. The van der Waals surface area contributed by atoms with Crippen molar-refractivity contribution in [3.8, 4) is 0 Å². The Kier molecular flexibility index (Phi) is 2.80. The van der Waals surface area contributed by atoms with Gasteiger partial charge in [0.25, 0.3) is 0 Å². The molecule has 0 bridgehead atoms. The molecule has 1 aromatic carbocycles. The highest BCUT2D eigenvalue weighted by molar-refractivity contribution is 5.49. The van der Waals surface area contributed by atoms with Crippen molar-refractivity contribution >= 4 is 5.82 Å². The molecule has 1 aliphatic heterocycles. The van der Waals surface area contributed by atoms with E-state index in [-0.39, 0.29) is 0 Å². The molecule has 0 saturated heterocycles. The molecule has 1 N–H and O–H groups in total. The molecule has 2 aromatic rings. The molecule has 4 heteroatoms. The van der Waals surface area contributed by atoms with E-state index < -0.39 is 0 Å². The van der Waals surface area contributed by atoms with Crippen LogP contribution in [0.3, 0.4) is 0 Å².